The number of amides is 1. The Balaban J connectivity index is 1.37. The minimum Gasteiger partial charge on any atom is -0.480 e. The van der Waals surface area contributed by atoms with E-state index in [1.807, 2.05) is 36.4 Å². The van der Waals surface area contributed by atoms with Gasteiger partial charge < -0.3 is 24.6 Å². The predicted octanol–water partition coefficient (Wildman–Crippen LogP) is 14.5. The molecule has 0 aromatic heterocycles. The van der Waals surface area contributed by atoms with Crippen LogP contribution < -0.4 is 5.32 Å². The van der Waals surface area contributed by atoms with Crippen molar-refractivity contribution in [3.63, 3.8) is 0 Å². The first-order chi connectivity index (χ1) is 31.3. The van der Waals surface area contributed by atoms with Gasteiger partial charge in [-0.05, 0) is 35.1 Å². The number of unbranched alkanes of at least 4 members (excludes halogenated alkanes) is 24. The van der Waals surface area contributed by atoms with Crippen molar-refractivity contribution in [1.29, 1.82) is 0 Å². The number of benzene rings is 2. The smallest absolute Gasteiger partial charge is 0.407 e. The second-order valence-electron chi connectivity index (χ2n) is 18.0. The van der Waals surface area contributed by atoms with Gasteiger partial charge in [0.25, 0.3) is 0 Å². The number of carbonyl (C=O) groups excluding carboxylic acids is 3. The molecule has 1 aliphatic carbocycles. The second-order valence-corrected chi connectivity index (χ2v) is 19.1. The molecule has 9 nitrogen and oxygen atoms in total. The van der Waals surface area contributed by atoms with Crippen LogP contribution in [0, 0.1) is 0 Å². The van der Waals surface area contributed by atoms with Crippen molar-refractivity contribution >= 4 is 35.8 Å². The molecule has 64 heavy (non-hydrogen) atoms. The Labute approximate surface area is 391 Å². The Morgan fingerprint density at radius 2 is 0.984 bits per heavy atom. The van der Waals surface area contributed by atoms with Gasteiger partial charge in [-0.25, -0.2) is 9.59 Å². The Bertz CT molecular complexity index is 1520. The normalized spacial score (nSPS) is 12.9. The average Bonchev–Trinajstić information content (AvgIpc) is 3.61. The number of aliphatic carboxylic acids is 1. The summed E-state index contributed by atoms with van der Waals surface area (Å²) in [5.41, 5.74) is 4.36. The third kappa shape index (κ3) is 24.1. The molecule has 0 radical (unpaired) electrons. The summed E-state index contributed by atoms with van der Waals surface area (Å²) < 4.78 is 17.1. The first-order valence-electron chi connectivity index (χ1n) is 25.6. The number of carbonyl (C=O) groups is 4. The number of nitrogens with one attached hydrogen (secondary N) is 1. The minimum absolute atomic E-state index is 0.0469. The number of carboxylic acids is 1. The van der Waals surface area contributed by atoms with Crippen LogP contribution in [0.3, 0.4) is 0 Å². The summed E-state index contributed by atoms with van der Waals surface area (Å²) in [5, 5.41) is 12.5. The van der Waals surface area contributed by atoms with E-state index in [0.29, 0.717) is 25.0 Å². The maximum atomic E-state index is 13.0. The van der Waals surface area contributed by atoms with Crippen LogP contribution in [0.2, 0.25) is 0 Å². The predicted molar refractivity (Wildman–Crippen MR) is 263 cm³/mol. The molecule has 0 fully saturated rings. The van der Waals surface area contributed by atoms with E-state index < -0.39 is 24.2 Å². The van der Waals surface area contributed by atoms with Gasteiger partial charge in [0.2, 0.25) is 0 Å². The van der Waals surface area contributed by atoms with Crippen LogP contribution in [-0.2, 0) is 28.6 Å². The largest absolute Gasteiger partial charge is 0.480 e. The van der Waals surface area contributed by atoms with E-state index in [-0.39, 0.29) is 36.8 Å². The summed E-state index contributed by atoms with van der Waals surface area (Å²) >= 11 is 1.28. The third-order valence-electron chi connectivity index (χ3n) is 12.5. The number of thioether (sulfide) groups is 1. The number of rotatable bonds is 40. The Kier molecular flexibility index (Phi) is 30.6. The van der Waals surface area contributed by atoms with Crippen LogP contribution in [0.5, 0.6) is 0 Å². The zero-order valence-electron chi connectivity index (χ0n) is 39.9. The van der Waals surface area contributed by atoms with Crippen molar-refractivity contribution in [2.24, 2.45) is 0 Å². The summed E-state index contributed by atoms with van der Waals surface area (Å²) in [7, 11) is 0. The van der Waals surface area contributed by atoms with E-state index in [1.165, 1.54) is 140 Å². The molecule has 0 heterocycles. The van der Waals surface area contributed by atoms with Crippen molar-refractivity contribution in [3.8, 4) is 11.1 Å². The van der Waals surface area contributed by atoms with Crippen LogP contribution in [0.1, 0.15) is 217 Å². The van der Waals surface area contributed by atoms with Gasteiger partial charge in [-0.3, -0.25) is 9.59 Å². The van der Waals surface area contributed by atoms with Crippen molar-refractivity contribution in [2.75, 3.05) is 24.7 Å². The minimum atomic E-state index is -1.21. The molecular weight excluding hydrogens is 823 g/mol. The molecule has 1 aliphatic rings. The van der Waals surface area contributed by atoms with Crippen molar-refractivity contribution < 1.29 is 38.5 Å². The van der Waals surface area contributed by atoms with Gasteiger partial charge in [0.15, 0.2) is 0 Å². The van der Waals surface area contributed by atoms with Gasteiger partial charge in [-0.2, -0.15) is 11.8 Å². The highest BCUT2D eigenvalue weighted by Gasteiger charge is 2.30. The topological polar surface area (TPSA) is 128 Å². The molecule has 10 heteroatoms. The van der Waals surface area contributed by atoms with E-state index in [9.17, 15) is 24.3 Å². The highest BCUT2D eigenvalue weighted by Crippen LogP contribution is 2.44. The number of hydrogen-bond donors (Lipinski definition) is 2. The molecule has 2 N–H and O–H groups in total. The van der Waals surface area contributed by atoms with Gasteiger partial charge >= 0.3 is 24.0 Å². The number of fused-ring (bicyclic) bond motifs is 3. The molecule has 2 aromatic carbocycles. The molecule has 0 bridgehead atoms. The zero-order valence-corrected chi connectivity index (χ0v) is 40.7. The fourth-order valence-electron chi connectivity index (χ4n) is 8.65. The molecule has 0 saturated carbocycles. The summed E-state index contributed by atoms with van der Waals surface area (Å²) in [6.07, 6.45) is 31.7. The van der Waals surface area contributed by atoms with Gasteiger partial charge in [0, 0.05) is 36.7 Å². The van der Waals surface area contributed by atoms with E-state index in [0.717, 1.165) is 60.8 Å². The molecule has 0 unspecified atom stereocenters. The molecule has 1 amide bonds. The second kappa shape index (κ2) is 35.7. The third-order valence-corrected chi connectivity index (χ3v) is 13.7. The van der Waals surface area contributed by atoms with Gasteiger partial charge in [0.05, 0.1) is 6.61 Å². The lowest BCUT2D eigenvalue weighted by atomic mass is 9.98. The number of esters is 2. The van der Waals surface area contributed by atoms with Crippen LogP contribution in [0.4, 0.5) is 4.79 Å². The lowest BCUT2D eigenvalue weighted by Crippen LogP contribution is -2.43. The molecule has 0 aliphatic heterocycles. The van der Waals surface area contributed by atoms with E-state index in [4.69, 9.17) is 14.2 Å². The number of carboxylic acid groups (broad SMARTS) is 1. The highest BCUT2D eigenvalue weighted by atomic mass is 32.2. The van der Waals surface area contributed by atoms with Gasteiger partial charge in [0.1, 0.15) is 18.8 Å². The maximum absolute atomic E-state index is 13.0. The lowest BCUT2D eigenvalue weighted by Gasteiger charge is -2.20. The summed E-state index contributed by atoms with van der Waals surface area (Å²) in [6, 6.07) is 14.9. The SMILES string of the molecule is CCCCCCCCCCCCCCCC(=O)OCC[C@H](CSC[C@H](NC(=O)OCC1c2ccccc2-c2ccccc21)C(=O)O)OC(=O)CCCCCCCCCCCCCCC. The lowest BCUT2D eigenvalue weighted by molar-refractivity contribution is -0.150. The van der Waals surface area contributed by atoms with E-state index >= 15 is 0 Å². The Morgan fingerprint density at radius 3 is 1.44 bits per heavy atom. The molecule has 0 saturated heterocycles. The van der Waals surface area contributed by atoms with Crippen molar-refractivity contribution in [3.05, 3.63) is 59.7 Å². The zero-order chi connectivity index (χ0) is 45.9. The number of hydrogen-bond acceptors (Lipinski definition) is 8. The molecule has 2 atom stereocenters. The van der Waals surface area contributed by atoms with Gasteiger partial charge in [-0.15, -0.1) is 0 Å². The fourth-order valence-corrected chi connectivity index (χ4v) is 9.74. The fraction of sp³-hybridized carbons (Fsp3) is 0.704. The first-order valence-corrected chi connectivity index (χ1v) is 26.8. The monoisotopic (exact) mass is 908 g/mol. The van der Waals surface area contributed by atoms with Gasteiger partial charge in [-0.1, -0.05) is 216 Å². The van der Waals surface area contributed by atoms with Crippen LogP contribution in [-0.4, -0.2) is 66.0 Å². The first kappa shape index (κ1) is 54.8. The Hall–Kier alpha value is -3.53. The molecule has 0 spiro atoms. The van der Waals surface area contributed by atoms with E-state index in [1.54, 1.807) is 0 Å². The highest BCUT2D eigenvalue weighted by molar-refractivity contribution is 7.99. The van der Waals surface area contributed by atoms with Crippen molar-refractivity contribution in [1.82, 2.24) is 5.32 Å². The molecule has 3 rings (SSSR count). The standard InChI is InChI=1S/C54H85NO8S/c1-3-5-7-9-11-13-15-17-19-21-23-25-27-37-51(56)61-40-39-44(63-52(57)38-28-26-24-22-20-18-16-14-12-10-8-6-4-2)42-64-43-50(53(58)59)55-54(60)62-41-49-47-35-31-29-33-45(47)46-34-30-32-36-48(46)49/h29-36,44,49-50H,3-28,37-43H2,1-2H3,(H,55,60)(H,58,59)/t44-,50+/m1/s1. The average molecular weight is 908 g/mol. The summed E-state index contributed by atoms with van der Waals surface area (Å²) in [5.74, 6) is -1.51. The molecule has 2 aromatic rings. The van der Waals surface area contributed by atoms with Crippen LogP contribution in [0.25, 0.3) is 11.1 Å². The molecular formula is C54H85NO8S. The quantitative estimate of drug-likeness (QED) is 0.0381. The van der Waals surface area contributed by atoms with E-state index in [2.05, 4.69) is 31.3 Å². The Morgan fingerprint density at radius 1 is 0.562 bits per heavy atom. The maximum Gasteiger partial charge on any atom is 0.407 e. The summed E-state index contributed by atoms with van der Waals surface area (Å²) in [4.78, 5) is 50.7. The molecule has 360 valence electrons. The number of ether oxygens (including phenoxy) is 3. The summed E-state index contributed by atoms with van der Waals surface area (Å²) in [6.45, 7) is 4.70. The van der Waals surface area contributed by atoms with Crippen LogP contribution >= 0.6 is 11.8 Å². The van der Waals surface area contributed by atoms with Crippen molar-refractivity contribution in [2.45, 2.75) is 218 Å². The number of alkyl carbamates (subject to hydrolysis) is 1. The van der Waals surface area contributed by atoms with Crippen LogP contribution in [0.15, 0.2) is 48.5 Å².